The summed E-state index contributed by atoms with van der Waals surface area (Å²) in [5, 5.41) is 10.0. The molecule has 0 radical (unpaired) electrons. The van der Waals surface area contributed by atoms with Crippen LogP contribution in [0.4, 0.5) is 0 Å². The van der Waals surface area contributed by atoms with Crippen molar-refractivity contribution in [3.63, 3.8) is 0 Å². The van der Waals surface area contributed by atoms with Crippen LogP contribution in [-0.4, -0.2) is 18.3 Å². The summed E-state index contributed by atoms with van der Waals surface area (Å²) in [5.41, 5.74) is 53.5. The van der Waals surface area contributed by atoms with Crippen LogP contribution in [0.3, 0.4) is 0 Å². The van der Waals surface area contributed by atoms with Gasteiger partial charge >= 0.3 is 0 Å². The number of hydrogen-bond donors (Lipinski definition) is 0. The molecule has 0 unspecified atom stereocenters. The van der Waals surface area contributed by atoms with Crippen LogP contribution in [0.2, 0.25) is 0 Å². The first-order valence-corrected chi connectivity index (χ1v) is 49.3. The first-order chi connectivity index (χ1) is 67.7. The Hall–Kier alpha value is -16.4. The molecule has 29 rings (SSSR count). The number of aromatic nitrogens is 4. The van der Waals surface area contributed by atoms with E-state index in [-0.39, 0.29) is 27.1 Å². The predicted molar refractivity (Wildman–Crippen MR) is 585 cm³/mol. The smallest absolute Gasteiger partial charge is 0.0541 e. The first kappa shape index (κ1) is 81.0. The maximum atomic E-state index is 2.51. The second-order valence-electron chi connectivity index (χ2n) is 42.2. The van der Waals surface area contributed by atoms with Crippen molar-refractivity contribution in [2.75, 3.05) is 0 Å². The quantitative estimate of drug-likeness (QED) is 0.137. The molecule has 4 nitrogen and oxygen atoms in total. The van der Waals surface area contributed by atoms with Gasteiger partial charge in [0.05, 0.1) is 44.1 Å². The van der Waals surface area contributed by atoms with Gasteiger partial charge in [0, 0.05) is 92.9 Å². The van der Waals surface area contributed by atoms with Gasteiger partial charge in [-0.05, 0) is 312 Å². The van der Waals surface area contributed by atoms with Crippen LogP contribution in [0.15, 0.2) is 425 Å². The molecule has 0 saturated heterocycles. The van der Waals surface area contributed by atoms with E-state index in [1.807, 2.05) is 0 Å². The molecule has 5 aliphatic carbocycles. The lowest BCUT2D eigenvalue weighted by Crippen LogP contribution is -2.15. The van der Waals surface area contributed by atoms with E-state index in [1.165, 1.54) is 277 Å². The van der Waals surface area contributed by atoms with Crippen molar-refractivity contribution in [2.45, 2.75) is 96.3 Å². The number of para-hydroxylation sites is 1. The molecule has 0 saturated carbocycles. The molecule has 0 N–H and O–H groups in total. The second-order valence-corrected chi connectivity index (χ2v) is 42.2. The van der Waals surface area contributed by atoms with Crippen molar-refractivity contribution in [1.29, 1.82) is 0 Å². The lowest BCUT2D eigenvalue weighted by molar-refractivity contribution is 0.660. The molecule has 4 aromatic heterocycles. The predicted octanol–water partition coefficient (Wildman–Crippen LogP) is 35.6. The topological polar surface area (TPSA) is 19.7 Å². The van der Waals surface area contributed by atoms with E-state index in [2.05, 4.69) is 512 Å². The fourth-order valence-corrected chi connectivity index (χ4v) is 25.9. The summed E-state index contributed by atoms with van der Waals surface area (Å²) < 4.78 is 9.95. The Morgan fingerprint density at radius 1 is 0.122 bits per heavy atom. The lowest BCUT2D eigenvalue weighted by Gasteiger charge is -2.22. The van der Waals surface area contributed by atoms with Gasteiger partial charge in [0.1, 0.15) is 0 Å². The fraction of sp³-hybridized carbons (Fsp3) is 0.111. The van der Waals surface area contributed by atoms with Crippen molar-refractivity contribution in [1.82, 2.24) is 18.3 Å². The summed E-state index contributed by atoms with van der Waals surface area (Å²) in [6.07, 6.45) is 0. The van der Waals surface area contributed by atoms with Gasteiger partial charge < -0.3 is 18.3 Å². The Balaban J connectivity index is 0.000000137. The highest BCUT2D eigenvalue weighted by atomic mass is 15.0. The van der Waals surface area contributed by atoms with Crippen LogP contribution in [0, 0.1) is 0 Å². The Labute approximate surface area is 810 Å². The van der Waals surface area contributed by atoms with Crippen LogP contribution in [0.1, 0.15) is 125 Å². The molecule has 139 heavy (non-hydrogen) atoms. The maximum Gasteiger partial charge on any atom is 0.0541 e. The molecule has 4 heterocycles. The van der Waals surface area contributed by atoms with Crippen molar-refractivity contribution in [2.24, 2.45) is 0 Å². The third kappa shape index (κ3) is 11.7. The maximum absolute atomic E-state index is 2.51. The fourth-order valence-electron chi connectivity index (χ4n) is 25.9. The molecule has 0 amide bonds. The monoisotopic (exact) mass is 1780 g/mol. The summed E-state index contributed by atoms with van der Waals surface area (Å²) in [6, 6.07) is 160. The zero-order valence-corrected chi connectivity index (χ0v) is 79.7. The lowest BCUT2D eigenvalue weighted by atomic mass is 9.81. The zero-order valence-electron chi connectivity index (χ0n) is 79.7. The number of nitrogens with zero attached hydrogens (tertiary/aromatic N) is 4. The summed E-state index contributed by atoms with van der Waals surface area (Å²) in [6.45, 7) is 23.7. The van der Waals surface area contributed by atoms with E-state index in [0.717, 1.165) is 0 Å². The molecule has 660 valence electrons. The molecular formula is C135H100N4. The molecule has 4 heteroatoms. The number of fused-ring (bicyclic) bond motifs is 27. The second kappa shape index (κ2) is 29.3. The van der Waals surface area contributed by atoms with Gasteiger partial charge in [0.2, 0.25) is 0 Å². The van der Waals surface area contributed by atoms with Crippen LogP contribution in [-0.2, 0) is 27.1 Å². The van der Waals surface area contributed by atoms with Gasteiger partial charge in [0.25, 0.3) is 0 Å². The van der Waals surface area contributed by atoms with Crippen molar-refractivity contribution < 1.29 is 0 Å². The molecule has 0 bridgehead atoms. The molecule has 0 aliphatic heterocycles. The van der Waals surface area contributed by atoms with E-state index in [0.29, 0.717) is 0 Å². The Morgan fingerprint density at radius 3 is 0.568 bits per heavy atom. The van der Waals surface area contributed by atoms with E-state index < -0.39 is 0 Å². The molecule has 20 aromatic carbocycles. The van der Waals surface area contributed by atoms with Gasteiger partial charge in [0.15, 0.2) is 0 Å². The number of hydrogen-bond acceptors (Lipinski definition) is 0. The van der Waals surface area contributed by atoms with Gasteiger partial charge in [-0.1, -0.05) is 348 Å². The van der Waals surface area contributed by atoms with Crippen LogP contribution < -0.4 is 0 Å². The summed E-state index contributed by atoms with van der Waals surface area (Å²) in [4.78, 5) is 0. The zero-order chi connectivity index (χ0) is 93.2. The minimum atomic E-state index is -0.104. The van der Waals surface area contributed by atoms with Gasteiger partial charge in [-0.3, -0.25) is 0 Å². The largest absolute Gasteiger partial charge is 0.309 e. The molecule has 0 atom stereocenters. The van der Waals surface area contributed by atoms with Crippen LogP contribution in [0.25, 0.3) is 221 Å². The number of benzene rings is 20. The Kier molecular flexibility index (Phi) is 17.1. The minimum Gasteiger partial charge on any atom is -0.309 e. The molecule has 24 aromatic rings. The first-order valence-electron chi connectivity index (χ1n) is 49.3. The summed E-state index contributed by atoms with van der Waals surface area (Å²) in [7, 11) is 0. The molecule has 0 spiro atoms. The van der Waals surface area contributed by atoms with Crippen molar-refractivity contribution in [3.8, 4) is 134 Å². The SMILES string of the molecule is CC1(C)c2ccccc2-c2ccc(-c3ccc4c(c3)c3cc(-c5ccc6c(c5)c5ccccc5n6-c5ccc6c(c5)C(C)(C)c5ccccc5-6)ccc3n4-c3ccc4c(c3)C(C)(C)c3ccccc3-4)cc21.CC1(C)c2ccccc2-c2ccc(-n3c4ccc(-c5ccccc5)cc4c4cc(-c5ccc6c(c5)c5cc(-c7ccccc7)ccc5n6-c5ccc6c(c5)C(C)(C)c5ccccc5-6)ccc43)cc21. The highest BCUT2D eigenvalue weighted by Crippen LogP contribution is 2.57. The van der Waals surface area contributed by atoms with Crippen LogP contribution >= 0.6 is 0 Å². The van der Waals surface area contributed by atoms with Crippen LogP contribution in [0.5, 0.6) is 0 Å². The normalized spacial score (nSPS) is 14.7. The van der Waals surface area contributed by atoms with Crippen molar-refractivity contribution >= 4 is 87.2 Å². The highest BCUT2D eigenvalue weighted by molar-refractivity contribution is 6.17. The minimum absolute atomic E-state index is 0.0734. The number of rotatable bonds is 9. The highest BCUT2D eigenvalue weighted by Gasteiger charge is 2.42. The molecular weight excluding hydrogens is 1680 g/mol. The summed E-state index contributed by atoms with van der Waals surface area (Å²) >= 11 is 0. The van der Waals surface area contributed by atoms with E-state index in [4.69, 9.17) is 0 Å². The summed E-state index contributed by atoms with van der Waals surface area (Å²) in [5.74, 6) is 0. The average molecular weight is 1780 g/mol. The molecule has 5 aliphatic rings. The van der Waals surface area contributed by atoms with Gasteiger partial charge in [-0.15, -0.1) is 0 Å². The van der Waals surface area contributed by atoms with Crippen molar-refractivity contribution in [3.05, 3.63) is 480 Å². The third-order valence-electron chi connectivity index (χ3n) is 33.1. The Morgan fingerprint density at radius 2 is 0.302 bits per heavy atom. The van der Waals surface area contributed by atoms with Gasteiger partial charge in [-0.25, -0.2) is 0 Å². The van der Waals surface area contributed by atoms with E-state index in [1.54, 1.807) is 0 Å². The average Bonchev–Trinajstić information content (AvgIpc) is 1.56. The standard InChI is InChI=1S/C69H52N2.C66H48N2/c1-67(2)57-19-11-7-15-47(57)50-29-23-44(38-60(50)67)43-26-34-66-56(37-43)55-36-42(25-33-65(55)71(66)46-28-31-52-49-17-9-13-21-59(49)69(5,6)62(52)40-46)41-24-32-64-54(35-41)53-18-10-14-22-63(53)70(64)45-27-30-51-48-16-8-12-20-58(48)68(3,4)61(51)39-45;1-65(2)57-21-13-11-19-49(57)51-29-27-47(39-59(51)65)67-61-31-23-43(41-15-7-5-8-16-41)35-53(61)55-37-45(25-33-63(55)67)46-26-34-64-56(38-46)54-36-44(42-17-9-6-10-18-42)24-32-62(54)68(64)48-28-30-52-50-20-12-14-22-58(50)66(3,4)60(52)40-48/h7-40H,1-6H3;5-40H,1-4H3. The molecule has 0 fully saturated rings. The van der Waals surface area contributed by atoms with Gasteiger partial charge in [-0.2, -0.15) is 0 Å². The Bertz CT molecular complexity index is 9200. The van der Waals surface area contributed by atoms with E-state index >= 15 is 0 Å². The third-order valence-corrected chi connectivity index (χ3v) is 33.1. The van der Waals surface area contributed by atoms with E-state index in [9.17, 15) is 0 Å².